The van der Waals surface area contributed by atoms with Gasteiger partial charge in [0.15, 0.2) is 17.5 Å². The Bertz CT molecular complexity index is 445. The van der Waals surface area contributed by atoms with Crippen molar-refractivity contribution in [2.24, 2.45) is 10.8 Å². The summed E-state index contributed by atoms with van der Waals surface area (Å²) in [5.74, 6) is 1.24. The summed E-state index contributed by atoms with van der Waals surface area (Å²) in [6, 6.07) is 1.62. The lowest BCUT2D eigenvalue weighted by Gasteiger charge is -2.10. The number of halogens is 3. The SMILES string of the molecule is CCOCCCN=C(NN)Nc1cc(F)c(F)c(F)c1. The molecule has 4 N–H and O–H groups in total. The van der Waals surface area contributed by atoms with Crippen LogP contribution in [0.3, 0.4) is 0 Å². The summed E-state index contributed by atoms with van der Waals surface area (Å²) in [5.41, 5.74) is 2.26. The molecule has 0 aromatic heterocycles. The zero-order valence-corrected chi connectivity index (χ0v) is 11.0. The highest BCUT2D eigenvalue weighted by molar-refractivity contribution is 5.93. The van der Waals surface area contributed by atoms with Crippen LogP contribution in [-0.2, 0) is 4.74 Å². The summed E-state index contributed by atoms with van der Waals surface area (Å²) in [6.45, 7) is 3.48. The second kappa shape index (κ2) is 8.39. The highest BCUT2D eigenvalue weighted by Crippen LogP contribution is 2.17. The average molecular weight is 290 g/mol. The molecule has 5 nitrogen and oxygen atoms in total. The number of hydrazine groups is 1. The van der Waals surface area contributed by atoms with E-state index in [2.05, 4.69) is 15.7 Å². The number of ether oxygens (including phenoxy) is 1. The fourth-order valence-corrected chi connectivity index (χ4v) is 1.39. The van der Waals surface area contributed by atoms with Gasteiger partial charge >= 0.3 is 0 Å². The molecule has 0 bridgehead atoms. The van der Waals surface area contributed by atoms with Crippen molar-refractivity contribution >= 4 is 11.6 Å². The van der Waals surface area contributed by atoms with E-state index < -0.39 is 17.5 Å². The summed E-state index contributed by atoms with van der Waals surface area (Å²) in [4.78, 5) is 4.04. The largest absolute Gasteiger partial charge is 0.382 e. The van der Waals surface area contributed by atoms with Gasteiger partial charge in [0.05, 0.1) is 0 Å². The summed E-state index contributed by atoms with van der Waals surface area (Å²) in [6.07, 6.45) is 0.673. The van der Waals surface area contributed by atoms with E-state index in [1.165, 1.54) is 0 Å². The van der Waals surface area contributed by atoms with Gasteiger partial charge < -0.3 is 10.1 Å². The van der Waals surface area contributed by atoms with Crippen molar-refractivity contribution in [3.8, 4) is 0 Å². The van der Waals surface area contributed by atoms with E-state index in [4.69, 9.17) is 10.6 Å². The van der Waals surface area contributed by atoms with E-state index in [1.54, 1.807) is 0 Å². The number of nitrogens with one attached hydrogen (secondary N) is 2. The number of hydrogen-bond donors (Lipinski definition) is 3. The van der Waals surface area contributed by atoms with E-state index in [0.29, 0.717) is 26.2 Å². The zero-order valence-electron chi connectivity index (χ0n) is 11.0. The number of anilines is 1. The minimum atomic E-state index is -1.52. The first-order valence-corrected chi connectivity index (χ1v) is 6.08. The molecule has 0 aliphatic carbocycles. The molecule has 0 radical (unpaired) electrons. The van der Waals surface area contributed by atoms with Crippen LogP contribution < -0.4 is 16.6 Å². The van der Waals surface area contributed by atoms with Crippen LogP contribution in [0.2, 0.25) is 0 Å². The van der Waals surface area contributed by atoms with Crippen LogP contribution in [0.5, 0.6) is 0 Å². The van der Waals surface area contributed by atoms with Crippen LogP contribution in [0.15, 0.2) is 17.1 Å². The maximum absolute atomic E-state index is 13.0. The van der Waals surface area contributed by atoms with Crippen molar-refractivity contribution in [1.82, 2.24) is 5.43 Å². The van der Waals surface area contributed by atoms with Gasteiger partial charge in [0.2, 0.25) is 5.96 Å². The van der Waals surface area contributed by atoms with E-state index in [0.717, 1.165) is 12.1 Å². The molecule has 0 saturated heterocycles. The second-order valence-corrected chi connectivity index (χ2v) is 3.80. The third-order valence-corrected chi connectivity index (χ3v) is 2.30. The molecule has 0 heterocycles. The van der Waals surface area contributed by atoms with Crippen molar-refractivity contribution in [2.75, 3.05) is 25.1 Å². The molecule has 0 amide bonds. The molecule has 8 heteroatoms. The Balaban J connectivity index is 2.61. The monoisotopic (exact) mass is 290 g/mol. The number of rotatable bonds is 6. The summed E-state index contributed by atoms with van der Waals surface area (Å²) >= 11 is 0. The third-order valence-electron chi connectivity index (χ3n) is 2.30. The van der Waals surface area contributed by atoms with Crippen LogP contribution in [0, 0.1) is 17.5 Å². The van der Waals surface area contributed by atoms with Crippen LogP contribution in [0.1, 0.15) is 13.3 Å². The molecular formula is C12H17F3N4O. The van der Waals surface area contributed by atoms with E-state index >= 15 is 0 Å². The standard InChI is InChI=1S/C12H17F3N4O/c1-2-20-5-3-4-17-12(19-16)18-8-6-9(13)11(15)10(14)7-8/h6-7H,2-5,16H2,1H3,(H2,17,18,19). The zero-order chi connectivity index (χ0) is 15.0. The van der Waals surface area contributed by atoms with Gasteiger partial charge in [0.25, 0.3) is 0 Å². The number of benzene rings is 1. The Morgan fingerprint density at radius 1 is 1.30 bits per heavy atom. The predicted molar refractivity (Wildman–Crippen MR) is 70.7 cm³/mol. The summed E-state index contributed by atoms with van der Waals surface area (Å²) < 4.78 is 44.0. The Labute approximate surface area is 115 Å². The maximum Gasteiger partial charge on any atom is 0.210 e. The number of nitrogens with zero attached hydrogens (tertiary/aromatic N) is 1. The van der Waals surface area contributed by atoms with Gasteiger partial charge in [0.1, 0.15) is 0 Å². The Morgan fingerprint density at radius 3 is 2.50 bits per heavy atom. The molecule has 1 aromatic carbocycles. The fraction of sp³-hybridized carbons (Fsp3) is 0.417. The number of hydrogen-bond acceptors (Lipinski definition) is 3. The van der Waals surface area contributed by atoms with Crippen molar-refractivity contribution < 1.29 is 17.9 Å². The molecule has 0 fully saturated rings. The lowest BCUT2D eigenvalue weighted by atomic mass is 10.3. The summed E-state index contributed by atoms with van der Waals surface area (Å²) in [7, 11) is 0. The molecule has 0 aliphatic heterocycles. The normalized spacial score (nSPS) is 11.6. The lowest BCUT2D eigenvalue weighted by molar-refractivity contribution is 0.146. The lowest BCUT2D eigenvalue weighted by Crippen LogP contribution is -2.36. The molecule has 0 aliphatic rings. The van der Waals surface area contributed by atoms with Crippen LogP contribution in [0.25, 0.3) is 0 Å². The maximum atomic E-state index is 13.0. The quantitative estimate of drug-likeness (QED) is 0.186. The minimum absolute atomic E-state index is 0.00269. The highest BCUT2D eigenvalue weighted by Gasteiger charge is 2.11. The van der Waals surface area contributed by atoms with Gasteiger partial charge in [-0.15, -0.1) is 0 Å². The van der Waals surface area contributed by atoms with Gasteiger partial charge in [-0.3, -0.25) is 10.4 Å². The molecule has 0 saturated carbocycles. The van der Waals surface area contributed by atoms with E-state index in [1.807, 2.05) is 6.92 Å². The Hall–Kier alpha value is -1.80. The van der Waals surface area contributed by atoms with Crippen molar-refractivity contribution in [2.45, 2.75) is 13.3 Å². The predicted octanol–water partition coefficient (Wildman–Crippen LogP) is 1.76. The average Bonchev–Trinajstić information content (AvgIpc) is 2.43. The first-order valence-electron chi connectivity index (χ1n) is 6.08. The van der Waals surface area contributed by atoms with Gasteiger partial charge in [-0.25, -0.2) is 19.0 Å². The van der Waals surface area contributed by atoms with Gasteiger partial charge in [-0.05, 0) is 13.3 Å². The molecule has 1 aromatic rings. The summed E-state index contributed by atoms with van der Waals surface area (Å²) in [5, 5.41) is 2.55. The van der Waals surface area contributed by atoms with Gasteiger partial charge in [-0.2, -0.15) is 0 Å². The molecule has 20 heavy (non-hydrogen) atoms. The number of guanidine groups is 1. The first kappa shape index (κ1) is 16.3. The first-order chi connectivity index (χ1) is 9.58. The fourth-order valence-electron chi connectivity index (χ4n) is 1.39. The molecule has 1 rings (SSSR count). The molecule has 112 valence electrons. The molecule has 0 unspecified atom stereocenters. The number of aliphatic imine (C=N–C) groups is 1. The van der Waals surface area contributed by atoms with Crippen molar-refractivity contribution in [3.63, 3.8) is 0 Å². The highest BCUT2D eigenvalue weighted by atomic mass is 19.2. The van der Waals surface area contributed by atoms with Crippen LogP contribution >= 0.6 is 0 Å². The van der Waals surface area contributed by atoms with Crippen LogP contribution in [0.4, 0.5) is 18.9 Å². The Kier molecular flexibility index (Phi) is 6.82. The van der Waals surface area contributed by atoms with Gasteiger partial charge in [0, 0.05) is 37.6 Å². The minimum Gasteiger partial charge on any atom is -0.382 e. The Morgan fingerprint density at radius 2 is 1.95 bits per heavy atom. The molecule has 0 atom stereocenters. The smallest absolute Gasteiger partial charge is 0.210 e. The van der Waals surface area contributed by atoms with Crippen LogP contribution in [-0.4, -0.2) is 25.7 Å². The van der Waals surface area contributed by atoms with E-state index in [-0.39, 0.29) is 11.6 Å². The van der Waals surface area contributed by atoms with E-state index in [9.17, 15) is 13.2 Å². The van der Waals surface area contributed by atoms with Crippen molar-refractivity contribution in [3.05, 3.63) is 29.6 Å². The van der Waals surface area contributed by atoms with Crippen molar-refractivity contribution in [1.29, 1.82) is 0 Å². The second-order valence-electron chi connectivity index (χ2n) is 3.80. The number of nitrogens with two attached hydrogens (primary N) is 1. The molecule has 0 spiro atoms. The molecular weight excluding hydrogens is 273 g/mol. The third kappa shape index (κ3) is 5.06. The van der Waals surface area contributed by atoms with Gasteiger partial charge in [-0.1, -0.05) is 0 Å². The topological polar surface area (TPSA) is 71.7 Å².